The van der Waals surface area contributed by atoms with Crippen LogP contribution in [-0.2, 0) is 0 Å². The number of carbonyl (C=O) groups is 1. The number of nitrogens with zero attached hydrogens (tertiary/aromatic N) is 4. The second-order valence-electron chi connectivity index (χ2n) is 4.94. The average Bonchev–Trinajstić information content (AvgIpc) is 3.17. The lowest BCUT2D eigenvalue weighted by Gasteiger charge is -2.12. The Labute approximate surface area is 153 Å². The number of rotatable bonds is 5. The number of amides is 1. The van der Waals surface area contributed by atoms with Crippen LogP contribution in [0.15, 0.2) is 47.6 Å². The normalized spacial score (nSPS) is 10.5. The summed E-state index contributed by atoms with van der Waals surface area (Å²) in [4.78, 5) is 13.5. The number of halogens is 1. The monoisotopic (exact) mass is 375 g/mol. The highest BCUT2D eigenvalue weighted by Gasteiger charge is 2.14. The number of hydrogen-bond acceptors (Lipinski definition) is 6. The molecule has 0 fully saturated rings. The predicted molar refractivity (Wildman–Crippen MR) is 96.9 cm³/mol. The van der Waals surface area contributed by atoms with Crippen LogP contribution in [0.4, 0.5) is 5.69 Å². The van der Waals surface area contributed by atoms with Gasteiger partial charge in [0, 0.05) is 11.0 Å². The molecule has 2 aromatic carbocycles. The molecular weight excluding hydrogens is 362 g/mol. The molecule has 0 spiro atoms. The molecule has 0 atom stereocenters. The maximum atomic E-state index is 12.6. The smallest absolute Gasteiger partial charge is 0.257 e. The molecular formula is C16H14ClN5O2S. The Hall–Kier alpha value is -2.58. The Morgan fingerprint density at radius 2 is 2.12 bits per heavy atom. The third kappa shape index (κ3) is 3.75. The number of methoxy groups -OCH3 is 1. The number of thioether (sulfide) groups is 1. The summed E-state index contributed by atoms with van der Waals surface area (Å²) in [7, 11) is 1.52. The van der Waals surface area contributed by atoms with E-state index in [2.05, 4.69) is 20.8 Å². The molecule has 0 aliphatic rings. The fourth-order valence-corrected chi connectivity index (χ4v) is 2.84. The van der Waals surface area contributed by atoms with Crippen LogP contribution in [0.1, 0.15) is 10.4 Å². The van der Waals surface area contributed by atoms with E-state index in [-0.39, 0.29) is 5.91 Å². The van der Waals surface area contributed by atoms with Crippen molar-refractivity contribution in [3.63, 3.8) is 0 Å². The molecule has 3 rings (SSSR count). The Kier molecular flexibility index (Phi) is 5.20. The molecule has 7 nitrogen and oxygen atoms in total. The fraction of sp³-hybridized carbons (Fsp3) is 0.125. The Bertz CT molecular complexity index is 902. The molecule has 3 aromatic rings. The number of aromatic nitrogens is 4. The van der Waals surface area contributed by atoms with Crippen molar-refractivity contribution >= 4 is 35.0 Å². The lowest BCUT2D eigenvalue weighted by atomic mass is 10.2. The van der Waals surface area contributed by atoms with Gasteiger partial charge in [0.25, 0.3) is 5.91 Å². The van der Waals surface area contributed by atoms with Crippen molar-refractivity contribution < 1.29 is 9.53 Å². The van der Waals surface area contributed by atoms with E-state index < -0.39 is 0 Å². The molecule has 0 unspecified atom stereocenters. The van der Waals surface area contributed by atoms with Gasteiger partial charge in [0.15, 0.2) is 0 Å². The van der Waals surface area contributed by atoms with Gasteiger partial charge in [-0.15, -0.1) is 16.9 Å². The average molecular weight is 376 g/mol. The zero-order valence-electron chi connectivity index (χ0n) is 13.4. The third-order valence-electron chi connectivity index (χ3n) is 3.47. The molecule has 0 aliphatic carbocycles. The lowest BCUT2D eigenvalue weighted by Crippen LogP contribution is -2.13. The van der Waals surface area contributed by atoms with Gasteiger partial charge >= 0.3 is 0 Å². The van der Waals surface area contributed by atoms with E-state index >= 15 is 0 Å². The van der Waals surface area contributed by atoms with Crippen molar-refractivity contribution in [2.45, 2.75) is 4.90 Å². The minimum Gasteiger partial charge on any atom is -0.494 e. The lowest BCUT2D eigenvalue weighted by molar-refractivity contribution is 0.102. The topological polar surface area (TPSA) is 81.9 Å². The van der Waals surface area contributed by atoms with Crippen molar-refractivity contribution in [2.75, 3.05) is 18.7 Å². The maximum Gasteiger partial charge on any atom is 0.257 e. The van der Waals surface area contributed by atoms with Crippen LogP contribution in [0.3, 0.4) is 0 Å². The van der Waals surface area contributed by atoms with E-state index in [0.717, 1.165) is 4.90 Å². The van der Waals surface area contributed by atoms with E-state index in [9.17, 15) is 4.79 Å². The van der Waals surface area contributed by atoms with Gasteiger partial charge < -0.3 is 10.1 Å². The number of nitrogens with one attached hydrogen (secondary N) is 1. The summed E-state index contributed by atoms with van der Waals surface area (Å²) < 4.78 is 6.86. The molecule has 9 heteroatoms. The van der Waals surface area contributed by atoms with E-state index in [1.165, 1.54) is 29.9 Å². The Morgan fingerprint density at radius 3 is 2.80 bits per heavy atom. The third-order valence-corrected chi connectivity index (χ3v) is 4.52. The first-order valence-corrected chi connectivity index (χ1v) is 8.79. The van der Waals surface area contributed by atoms with Crippen LogP contribution < -0.4 is 10.1 Å². The van der Waals surface area contributed by atoms with Gasteiger partial charge in [-0.3, -0.25) is 4.79 Å². The van der Waals surface area contributed by atoms with Gasteiger partial charge in [0.1, 0.15) is 12.1 Å². The number of hydrogen-bond donors (Lipinski definition) is 1. The summed E-state index contributed by atoms with van der Waals surface area (Å²) in [5.41, 5.74) is 1.64. The second-order valence-corrected chi connectivity index (χ2v) is 6.23. The predicted octanol–water partition coefficient (Wildman–Crippen LogP) is 3.30. The highest BCUT2D eigenvalue weighted by atomic mass is 35.5. The SMILES string of the molecule is COc1cc(-n2cnnn2)ccc1NC(=O)c1cc(SC)ccc1Cl. The fourth-order valence-electron chi connectivity index (χ4n) is 2.20. The van der Waals surface area contributed by atoms with E-state index in [1.807, 2.05) is 12.3 Å². The molecule has 0 saturated heterocycles. The van der Waals surface area contributed by atoms with Crippen molar-refractivity contribution in [3.05, 3.63) is 53.3 Å². The zero-order valence-corrected chi connectivity index (χ0v) is 15.0. The van der Waals surface area contributed by atoms with Crippen LogP contribution in [0.5, 0.6) is 5.75 Å². The molecule has 1 N–H and O–H groups in total. The van der Waals surface area contributed by atoms with Gasteiger partial charge in [-0.05, 0) is 47.0 Å². The summed E-state index contributed by atoms with van der Waals surface area (Å²) in [6, 6.07) is 10.6. The first-order valence-electron chi connectivity index (χ1n) is 7.18. The largest absolute Gasteiger partial charge is 0.494 e. The van der Waals surface area contributed by atoms with Crippen LogP contribution in [-0.4, -0.2) is 39.5 Å². The highest BCUT2D eigenvalue weighted by molar-refractivity contribution is 7.98. The zero-order chi connectivity index (χ0) is 17.8. The van der Waals surface area contributed by atoms with Gasteiger partial charge in [-0.25, -0.2) is 4.68 Å². The van der Waals surface area contributed by atoms with Gasteiger partial charge in [0.05, 0.1) is 29.1 Å². The number of carbonyl (C=O) groups excluding carboxylic acids is 1. The molecule has 25 heavy (non-hydrogen) atoms. The first-order chi connectivity index (χ1) is 12.1. The summed E-state index contributed by atoms with van der Waals surface area (Å²) >= 11 is 7.69. The molecule has 0 bridgehead atoms. The minimum absolute atomic E-state index is 0.311. The van der Waals surface area contributed by atoms with Gasteiger partial charge in [0.2, 0.25) is 0 Å². The molecule has 0 radical (unpaired) electrons. The molecule has 1 heterocycles. The van der Waals surface area contributed by atoms with Gasteiger partial charge in [-0.2, -0.15) is 0 Å². The molecule has 1 aromatic heterocycles. The van der Waals surface area contributed by atoms with Crippen molar-refractivity contribution in [2.24, 2.45) is 0 Å². The van der Waals surface area contributed by atoms with Crippen molar-refractivity contribution in [3.8, 4) is 11.4 Å². The van der Waals surface area contributed by atoms with Crippen LogP contribution >= 0.6 is 23.4 Å². The summed E-state index contributed by atoms with van der Waals surface area (Å²) in [5.74, 6) is 0.174. The van der Waals surface area contributed by atoms with E-state index in [0.29, 0.717) is 27.7 Å². The minimum atomic E-state index is -0.311. The molecule has 1 amide bonds. The van der Waals surface area contributed by atoms with E-state index in [4.69, 9.17) is 16.3 Å². The molecule has 128 valence electrons. The standard InChI is InChI=1S/C16H14ClN5O2S/c1-24-15-7-10(22-9-18-20-21-22)3-6-14(15)19-16(23)12-8-11(25-2)4-5-13(12)17/h3-9H,1-2H3,(H,19,23). The quantitative estimate of drug-likeness (QED) is 0.689. The van der Waals surface area contributed by atoms with Crippen LogP contribution in [0, 0.1) is 0 Å². The maximum absolute atomic E-state index is 12.6. The summed E-state index contributed by atoms with van der Waals surface area (Å²) in [6.07, 6.45) is 3.41. The number of tetrazole rings is 1. The Balaban J connectivity index is 1.88. The van der Waals surface area contributed by atoms with Crippen LogP contribution in [0.2, 0.25) is 5.02 Å². The Morgan fingerprint density at radius 1 is 1.28 bits per heavy atom. The molecule has 0 saturated carbocycles. The summed E-state index contributed by atoms with van der Waals surface area (Å²) in [5, 5.41) is 14.2. The first kappa shape index (κ1) is 17.2. The van der Waals surface area contributed by atoms with E-state index in [1.54, 1.807) is 30.3 Å². The van der Waals surface area contributed by atoms with Crippen LogP contribution in [0.25, 0.3) is 5.69 Å². The highest BCUT2D eigenvalue weighted by Crippen LogP contribution is 2.29. The molecule has 0 aliphatic heterocycles. The number of anilines is 1. The second kappa shape index (κ2) is 7.54. The number of benzene rings is 2. The van der Waals surface area contributed by atoms with Crippen molar-refractivity contribution in [1.82, 2.24) is 20.2 Å². The van der Waals surface area contributed by atoms with Crippen molar-refractivity contribution in [1.29, 1.82) is 0 Å². The number of ether oxygens (including phenoxy) is 1. The van der Waals surface area contributed by atoms with Gasteiger partial charge in [-0.1, -0.05) is 11.6 Å². The summed E-state index contributed by atoms with van der Waals surface area (Å²) in [6.45, 7) is 0.